The van der Waals surface area contributed by atoms with E-state index in [1.807, 2.05) is 0 Å². The van der Waals surface area contributed by atoms with Crippen molar-refractivity contribution in [3.63, 3.8) is 0 Å². The minimum Gasteiger partial charge on any atom is -0.481 e. The van der Waals surface area contributed by atoms with E-state index in [1.54, 1.807) is 13.0 Å². The molecule has 0 aromatic heterocycles. The molecule has 1 N–H and O–H groups in total. The molecule has 0 aliphatic heterocycles. The first-order valence-electron chi connectivity index (χ1n) is 8.08. The van der Waals surface area contributed by atoms with Gasteiger partial charge >= 0.3 is 5.97 Å². The number of carboxylic acid groups (broad SMARTS) is 1. The zero-order valence-electron chi connectivity index (χ0n) is 14.5. The van der Waals surface area contributed by atoms with Gasteiger partial charge in [-0.15, -0.1) is 0 Å². The number of carbonyl (C=O) groups is 2. The fourth-order valence-corrected chi connectivity index (χ4v) is 2.33. The van der Waals surface area contributed by atoms with Gasteiger partial charge < -0.3 is 14.7 Å². The van der Waals surface area contributed by atoms with Crippen molar-refractivity contribution in [1.82, 2.24) is 4.90 Å². The van der Waals surface area contributed by atoms with E-state index in [9.17, 15) is 22.8 Å². The van der Waals surface area contributed by atoms with Crippen molar-refractivity contribution >= 4 is 11.9 Å². The number of benzene rings is 2. The number of amides is 1. The standard InChI is InChI=1S/C19H18F3NO4/c1-12-2-4-15(21)17(8-12)27-11-18(24)23(7-6-19(25)26)10-13-3-5-14(20)16(22)9-13/h2-5,8-9H,6-7,10-11H2,1H3,(H,25,26). The summed E-state index contributed by atoms with van der Waals surface area (Å²) < 4.78 is 45.3. The van der Waals surface area contributed by atoms with Crippen LogP contribution in [-0.4, -0.2) is 35.0 Å². The average Bonchev–Trinajstić information content (AvgIpc) is 2.61. The summed E-state index contributed by atoms with van der Waals surface area (Å²) in [5, 5.41) is 8.84. The quantitative estimate of drug-likeness (QED) is 0.762. The van der Waals surface area contributed by atoms with E-state index in [0.717, 1.165) is 22.6 Å². The third kappa shape index (κ3) is 6.02. The molecule has 0 aliphatic carbocycles. The van der Waals surface area contributed by atoms with Crippen molar-refractivity contribution in [3.05, 3.63) is 65.0 Å². The highest BCUT2D eigenvalue weighted by Gasteiger charge is 2.18. The molecular weight excluding hydrogens is 363 g/mol. The molecule has 0 saturated carbocycles. The summed E-state index contributed by atoms with van der Waals surface area (Å²) >= 11 is 0. The number of nitrogens with zero attached hydrogens (tertiary/aromatic N) is 1. The zero-order valence-corrected chi connectivity index (χ0v) is 14.5. The first kappa shape index (κ1) is 20.3. The molecule has 2 aromatic carbocycles. The van der Waals surface area contributed by atoms with Gasteiger partial charge in [-0.1, -0.05) is 12.1 Å². The Labute approximate surface area is 154 Å². The normalized spacial score (nSPS) is 10.5. The molecule has 0 heterocycles. The Bertz CT molecular complexity index is 842. The zero-order chi connectivity index (χ0) is 20.0. The van der Waals surface area contributed by atoms with Crippen molar-refractivity contribution in [2.45, 2.75) is 19.9 Å². The third-order valence-corrected chi connectivity index (χ3v) is 3.74. The van der Waals surface area contributed by atoms with Crippen LogP contribution in [0.3, 0.4) is 0 Å². The molecule has 0 spiro atoms. The minimum absolute atomic E-state index is 0.102. The highest BCUT2D eigenvalue weighted by molar-refractivity contribution is 5.78. The Balaban J connectivity index is 2.09. The maximum Gasteiger partial charge on any atom is 0.305 e. The molecule has 0 aliphatic rings. The minimum atomic E-state index is -1.12. The van der Waals surface area contributed by atoms with Crippen LogP contribution >= 0.6 is 0 Å². The molecule has 0 bridgehead atoms. The molecule has 144 valence electrons. The van der Waals surface area contributed by atoms with Gasteiger partial charge in [-0.2, -0.15) is 0 Å². The molecule has 0 unspecified atom stereocenters. The van der Waals surface area contributed by atoms with Gasteiger partial charge in [0, 0.05) is 13.1 Å². The Morgan fingerprint density at radius 1 is 1.04 bits per heavy atom. The van der Waals surface area contributed by atoms with E-state index >= 15 is 0 Å². The average molecular weight is 381 g/mol. The fourth-order valence-electron chi connectivity index (χ4n) is 2.33. The third-order valence-electron chi connectivity index (χ3n) is 3.74. The molecule has 0 atom stereocenters. The van der Waals surface area contributed by atoms with Gasteiger partial charge in [0.05, 0.1) is 6.42 Å². The Kier molecular flexibility index (Phi) is 6.81. The molecule has 5 nitrogen and oxygen atoms in total. The predicted octanol–water partition coefficient (Wildman–Crippen LogP) is 3.29. The first-order chi connectivity index (χ1) is 12.8. The second kappa shape index (κ2) is 9.07. The van der Waals surface area contributed by atoms with E-state index < -0.39 is 35.9 Å². The van der Waals surface area contributed by atoms with Crippen LogP contribution in [0.5, 0.6) is 5.75 Å². The lowest BCUT2D eigenvalue weighted by molar-refractivity contribution is -0.139. The van der Waals surface area contributed by atoms with E-state index in [2.05, 4.69) is 0 Å². The van der Waals surface area contributed by atoms with Gasteiger partial charge in [0.15, 0.2) is 29.8 Å². The summed E-state index contributed by atoms with van der Waals surface area (Å²) in [5.41, 5.74) is 1.03. The van der Waals surface area contributed by atoms with E-state index in [0.29, 0.717) is 0 Å². The van der Waals surface area contributed by atoms with Crippen LogP contribution in [0.4, 0.5) is 13.2 Å². The van der Waals surface area contributed by atoms with Crippen LogP contribution in [-0.2, 0) is 16.1 Å². The second-order valence-corrected chi connectivity index (χ2v) is 5.93. The molecule has 8 heteroatoms. The number of hydrogen-bond acceptors (Lipinski definition) is 3. The molecule has 1 amide bonds. The van der Waals surface area contributed by atoms with Gasteiger partial charge in [0.2, 0.25) is 0 Å². The molecule has 0 fully saturated rings. The number of ether oxygens (including phenoxy) is 1. The van der Waals surface area contributed by atoms with Gasteiger partial charge in [-0.3, -0.25) is 9.59 Å². The number of carboxylic acids is 1. The summed E-state index contributed by atoms with van der Waals surface area (Å²) in [7, 11) is 0. The smallest absolute Gasteiger partial charge is 0.305 e. The van der Waals surface area contributed by atoms with Crippen molar-refractivity contribution in [2.75, 3.05) is 13.2 Å². The maximum absolute atomic E-state index is 13.7. The number of halogens is 3. The van der Waals surface area contributed by atoms with Gasteiger partial charge in [0.25, 0.3) is 5.91 Å². The van der Waals surface area contributed by atoms with Gasteiger partial charge in [-0.05, 0) is 42.3 Å². The number of rotatable bonds is 8. The number of aliphatic carboxylic acids is 1. The van der Waals surface area contributed by atoms with Crippen LogP contribution in [0.25, 0.3) is 0 Å². The lowest BCUT2D eigenvalue weighted by atomic mass is 10.2. The van der Waals surface area contributed by atoms with Gasteiger partial charge in [-0.25, -0.2) is 13.2 Å². The van der Waals surface area contributed by atoms with E-state index in [4.69, 9.17) is 9.84 Å². The molecule has 2 aromatic rings. The van der Waals surface area contributed by atoms with Crippen molar-refractivity contribution in [1.29, 1.82) is 0 Å². The van der Waals surface area contributed by atoms with Crippen LogP contribution in [0.2, 0.25) is 0 Å². The Hall–Kier alpha value is -3.03. The molecule has 0 saturated heterocycles. The molecular formula is C19H18F3NO4. The van der Waals surface area contributed by atoms with Crippen LogP contribution in [0, 0.1) is 24.4 Å². The van der Waals surface area contributed by atoms with Crippen molar-refractivity contribution < 1.29 is 32.6 Å². The predicted molar refractivity (Wildman–Crippen MR) is 90.7 cm³/mol. The summed E-state index contributed by atoms with van der Waals surface area (Å²) in [6, 6.07) is 7.32. The molecule has 0 radical (unpaired) electrons. The number of hydrogen-bond donors (Lipinski definition) is 1. The Morgan fingerprint density at radius 2 is 1.74 bits per heavy atom. The topological polar surface area (TPSA) is 66.8 Å². The number of carbonyl (C=O) groups excluding carboxylic acids is 1. The number of aryl methyl sites for hydroxylation is 1. The van der Waals surface area contributed by atoms with Crippen LogP contribution < -0.4 is 4.74 Å². The molecule has 2 rings (SSSR count). The van der Waals surface area contributed by atoms with Crippen molar-refractivity contribution in [2.24, 2.45) is 0 Å². The molecule has 27 heavy (non-hydrogen) atoms. The first-order valence-corrected chi connectivity index (χ1v) is 8.08. The van der Waals surface area contributed by atoms with E-state index in [1.165, 1.54) is 18.2 Å². The summed E-state index contributed by atoms with van der Waals surface area (Å²) in [6.07, 6.45) is -0.339. The second-order valence-electron chi connectivity index (χ2n) is 5.93. The highest BCUT2D eigenvalue weighted by atomic mass is 19.2. The van der Waals surface area contributed by atoms with Crippen molar-refractivity contribution in [3.8, 4) is 5.75 Å². The maximum atomic E-state index is 13.7. The van der Waals surface area contributed by atoms with Gasteiger partial charge in [0.1, 0.15) is 0 Å². The van der Waals surface area contributed by atoms with Crippen LogP contribution in [0.1, 0.15) is 17.5 Å². The largest absolute Gasteiger partial charge is 0.481 e. The summed E-state index contributed by atoms with van der Waals surface area (Å²) in [6.45, 7) is 0.913. The summed E-state index contributed by atoms with van der Waals surface area (Å²) in [4.78, 5) is 24.3. The fraction of sp³-hybridized carbons (Fsp3) is 0.263. The lowest BCUT2D eigenvalue weighted by Gasteiger charge is -2.22. The van der Waals surface area contributed by atoms with E-state index in [-0.39, 0.29) is 30.8 Å². The highest BCUT2D eigenvalue weighted by Crippen LogP contribution is 2.18. The summed E-state index contributed by atoms with van der Waals surface area (Å²) in [5.74, 6) is -4.57. The monoisotopic (exact) mass is 381 g/mol. The SMILES string of the molecule is Cc1ccc(F)c(OCC(=O)N(CCC(=O)O)Cc2ccc(F)c(F)c2)c1. The lowest BCUT2D eigenvalue weighted by Crippen LogP contribution is -2.36. The van der Waals surface area contributed by atoms with Crippen LogP contribution in [0.15, 0.2) is 36.4 Å². The Morgan fingerprint density at radius 3 is 2.41 bits per heavy atom.